The summed E-state index contributed by atoms with van der Waals surface area (Å²) in [6.45, 7) is 0. The molecule has 0 fully saturated rings. The van der Waals surface area contributed by atoms with E-state index in [0.29, 0.717) is 54.1 Å². The smallest absolute Gasteiger partial charge is 0.172 e. The van der Waals surface area contributed by atoms with Crippen LogP contribution in [-0.2, 0) is 9.13 Å². The quantitative estimate of drug-likeness (QED) is 0.118. The summed E-state index contributed by atoms with van der Waals surface area (Å²) in [6.07, 6.45) is 0. The second-order valence-electron chi connectivity index (χ2n) is 15.5. The van der Waals surface area contributed by atoms with Crippen molar-refractivity contribution < 1.29 is 9.13 Å². The molecule has 0 aliphatic heterocycles. The Balaban J connectivity index is 1.49. The molecule has 0 aliphatic rings. The molecular formula is C60H40O2P2. The van der Waals surface area contributed by atoms with E-state index < -0.39 is 14.3 Å². The van der Waals surface area contributed by atoms with Crippen molar-refractivity contribution in [1.82, 2.24) is 0 Å². The monoisotopic (exact) mass is 854 g/mol. The molecule has 0 saturated carbocycles. The average Bonchev–Trinajstić information content (AvgIpc) is 3.37. The molecule has 0 bridgehead atoms. The zero-order valence-electron chi connectivity index (χ0n) is 34.8. The number of rotatable bonds is 7. The number of hydrogen-bond acceptors (Lipinski definition) is 2. The van der Waals surface area contributed by atoms with Crippen LogP contribution >= 0.6 is 14.3 Å². The minimum absolute atomic E-state index is 0.583. The van der Waals surface area contributed by atoms with Gasteiger partial charge in [0.15, 0.2) is 14.3 Å². The molecule has 302 valence electrons. The van der Waals surface area contributed by atoms with Crippen molar-refractivity contribution in [2.24, 2.45) is 0 Å². The largest absolute Gasteiger partial charge is 0.309 e. The molecule has 64 heavy (non-hydrogen) atoms. The van der Waals surface area contributed by atoms with E-state index in [-0.39, 0.29) is 0 Å². The van der Waals surface area contributed by atoms with Gasteiger partial charge in [0, 0.05) is 65.2 Å². The van der Waals surface area contributed by atoms with Crippen LogP contribution in [0.4, 0.5) is 0 Å². The molecule has 0 radical (unpaired) electrons. The van der Waals surface area contributed by atoms with Gasteiger partial charge in [-0.2, -0.15) is 0 Å². The van der Waals surface area contributed by atoms with Crippen molar-refractivity contribution >= 4 is 67.7 Å². The van der Waals surface area contributed by atoms with Crippen LogP contribution in [0.5, 0.6) is 0 Å². The molecule has 0 unspecified atom stereocenters. The van der Waals surface area contributed by atoms with Gasteiger partial charge in [-0.3, -0.25) is 0 Å². The van der Waals surface area contributed by atoms with E-state index in [0.717, 1.165) is 32.7 Å². The molecule has 10 rings (SSSR count). The first kappa shape index (κ1) is 40.4. The zero-order valence-corrected chi connectivity index (χ0v) is 36.6. The van der Waals surface area contributed by atoms with Crippen LogP contribution < -0.4 is 31.8 Å². The Morgan fingerprint density at radius 3 is 0.859 bits per heavy atom. The van der Waals surface area contributed by atoms with Crippen molar-refractivity contribution in [3.63, 3.8) is 0 Å². The number of benzene rings is 10. The van der Waals surface area contributed by atoms with Gasteiger partial charge in [0.25, 0.3) is 0 Å². The molecule has 0 N–H and O–H groups in total. The predicted octanol–water partition coefficient (Wildman–Crippen LogP) is 11.7. The molecule has 0 amide bonds. The molecular weight excluding hydrogens is 815 g/mol. The van der Waals surface area contributed by atoms with E-state index in [1.165, 1.54) is 0 Å². The lowest BCUT2D eigenvalue weighted by Gasteiger charge is -2.30. The zero-order chi connectivity index (χ0) is 43.4. The Morgan fingerprint density at radius 1 is 0.281 bits per heavy atom. The Bertz CT molecular complexity index is 3200. The van der Waals surface area contributed by atoms with Gasteiger partial charge in [0.2, 0.25) is 0 Å². The third-order valence-corrected chi connectivity index (χ3v) is 17.9. The van der Waals surface area contributed by atoms with E-state index in [2.05, 4.69) is 60.1 Å². The summed E-state index contributed by atoms with van der Waals surface area (Å²) in [6, 6.07) is 79.4. The fourth-order valence-corrected chi connectivity index (χ4v) is 14.7. The van der Waals surface area contributed by atoms with E-state index in [4.69, 9.17) is 0 Å². The molecule has 10 aromatic carbocycles. The Hall–Kier alpha value is -7.70. The molecule has 0 aliphatic carbocycles. The van der Waals surface area contributed by atoms with E-state index in [9.17, 15) is 0 Å². The maximum atomic E-state index is 17.4. The molecule has 4 heteroatoms. The third kappa shape index (κ3) is 7.41. The van der Waals surface area contributed by atoms with Crippen LogP contribution in [0.3, 0.4) is 0 Å². The SMILES string of the molecule is O=P(c1ccccc1)(c1ccccc1)c1c(C#Cc2ccccc2)cc2ccccc2c1-c1c(P(=O)(c2ccccc2)c2ccccc2)c(C#Cc2ccccc2)cc2ccccc12. The maximum absolute atomic E-state index is 17.4. The van der Waals surface area contributed by atoms with Crippen molar-refractivity contribution in [2.75, 3.05) is 0 Å². The summed E-state index contributed by atoms with van der Waals surface area (Å²) in [7, 11) is -7.69. The van der Waals surface area contributed by atoms with Crippen LogP contribution in [0.2, 0.25) is 0 Å². The highest BCUT2D eigenvalue weighted by Gasteiger charge is 2.40. The summed E-state index contributed by atoms with van der Waals surface area (Å²) in [5.74, 6) is 14.1. The summed E-state index contributed by atoms with van der Waals surface area (Å²) >= 11 is 0. The molecule has 0 atom stereocenters. The van der Waals surface area contributed by atoms with Gasteiger partial charge in [-0.1, -0.05) is 230 Å². The van der Waals surface area contributed by atoms with Crippen LogP contribution in [0, 0.1) is 23.7 Å². The van der Waals surface area contributed by atoms with Crippen molar-refractivity contribution in [3.8, 4) is 34.8 Å². The third-order valence-electron chi connectivity index (χ3n) is 11.6. The lowest BCUT2D eigenvalue weighted by Crippen LogP contribution is -2.32. The summed E-state index contributed by atoms with van der Waals surface area (Å²) in [4.78, 5) is 0. The van der Waals surface area contributed by atoms with Crippen LogP contribution in [0.15, 0.2) is 243 Å². The van der Waals surface area contributed by atoms with E-state index >= 15 is 9.13 Å². The molecule has 2 nitrogen and oxygen atoms in total. The predicted molar refractivity (Wildman–Crippen MR) is 271 cm³/mol. The van der Waals surface area contributed by atoms with Gasteiger partial charge in [0.05, 0.1) is 0 Å². The highest BCUT2D eigenvalue weighted by molar-refractivity contribution is 7.86. The average molecular weight is 855 g/mol. The fourth-order valence-electron chi connectivity index (χ4n) is 8.71. The molecule has 0 saturated heterocycles. The van der Waals surface area contributed by atoms with Gasteiger partial charge in [-0.05, 0) is 57.9 Å². The lowest BCUT2D eigenvalue weighted by atomic mass is 9.90. The standard InChI is InChI=1S/C60H40O2P2/c61-63(51-29-11-3-12-30-51,52-31-13-4-14-32-52)59-49(41-39-45-23-7-1-8-24-45)43-47-27-19-21-37-55(47)57(59)58-56-38-22-20-28-48(56)44-50(42-40-46-25-9-2-10-26-46)60(58)64(62,53-33-15-5-16-34-53)54-35-17-6-18-36-54/h1-38,43-44H. The minimum atomic E-state index is -3.84. The van der Waals surface area contributed by atoms with E-state index in [1.807, 2.05) is 206 Å². The van der Waals surface area contributed by atoms with Gasteiger partial charge in [0.1, 0.15) is 0 Å². The topological polar surface area (TPSA) is 34.1 Å². The Kier molecular flexibility index (Phi) is 11.1. The first-order valence-electron chi connectivity index (χ1n) is 21.2. The lowest BCUT2D eigenvalue weighted by molar-refractivity contribution is 0.591. The first-order valence-corrected chi connectivity index (χ1v) is 24.6. The number of hydrogen-bond donors (Lipinski definition) is 0. The first-order chi connectivity index (χ1) is 31.5. The maximum Gasteiger partial charge on any atom is 0.172 e. The second kappa shape index (κ2) is 17.6. The fraction of sp³-hybridized carbons (Fsp3) is 0. The van der Waals surface area contributed by atoms with Crippen LogP contribution in [0.25, 0.3) is 32.7 Å². The molecule has 0 spiro atoms. The van der Waals surface area contributed by atoms with Crippen LogP contribution in [0.1, 0.15) is 22.3 Å². The van der Waals surface area contributed by atoms with Gasteiger partial charge in [-0.15, -0.1) is 0 Å². The normalized spacial score (nSPS) is 11.3. The molecule has 0 aromatic heterocycles. The minimum Gasteiger partial charge on any atom is -0.309 e. The Labute approximate surface area is 374 Å². The van der Waals surface area contributed by atoms with Crippen molar-refractivity contribution in [1.29, 1.82) is 0 Å². The summed E-state index contributed by atoms with van der Waals surface area (Å²) in [5, 5.41) is 7.39. The summed E-state index contributed by atoms with van der Waals surface area (Å²) in [5.41, 5.74) is 4.34. The number of fused-ring (bicyclic) bond motifs is 2. The Morgan fingerprint density at radius 2 is 0.547 bits per heavy atom. The van der Waals surface area contributed by atoms with E-state index in [1.54, 1.807) is 0 Å². The van der Waals surface area contributed by atoms with Gasteiger partial charge in [-0.25, -0.2) is 0 Å². The van der Waals surface area contributed by atoms with Crippen molar-refractivity contribution in [2.45, 2.75) is 0 Å². The highest BCUT2D eigenvalue weighted by atomic mass is 31.2. The van der Waals surface area contributed by atoms with Crippen molar-refractivity contribution in [3.05, 3.63) is 265 Å². The molecule has 10 aromatic rings. The van der Waals surface area contributed by atoms with Crippen LogP contribution in [-0.4, -0.2) is 0 Å². The highest BCUT2D eigenvalue weighted by Crippen LogP contribution is 2.53. The molecule has 0 heterocycles. The second-order valence-corrected chi connectivity index (χ2v) is 20.9. The summed E-state index contributed by atoms with van der Waals surface area (Å²) < 4.78 is 34.7. The van der Waals surface area contributed by atoms with Gasteiger partial charge >= 0.3 is 0 Å². The van der Waals surface area contributed by atoms with Gasteiger partial charge < -0.3 is 9.13 Å².